The fourth-order valence-corrected chi connectivity index (χ4v) is 5.81. The van der Waals surface area contributed by atoms with Crippen molar-refractivity contribution in [1.82, 2.24) is 0 Å². The summed E-state index contributed by atoms with van der Waals surface area (Å²) in [4.78, 5) is 55.5. The number of Topliss-reactive ketones (excluding diaryl/α,β-unsaturated/α-hetero) is 2. The van der Waals surface area contributed by atoms with Crippen LogP contribution in [0.4, 0.5) is 18.9 Å². The highest BCUT2D eigenvalue weighted by Gasteiger charge is 2.74. The number of halogens is 4. The first-order valence-corrected chi connectivity index (χ1v) is 11.6. The van der Waals surface area contributed by atoms with Crippen LogP contribution in [0.5, 0.6) is 0 Å². The molecule has 2 saturated heterocycles. The molecule has 6 rings (SSSR count). The van der Waals surface area contributed by atoms with Crippen LogP contribution in [0, 0.1) is 11.8 Å². The summed E-state index contributed by atoms with van der Waals surface area (Å²) in [5, 5.41) is -0.603. The molecule has 1 spiro atoms. The van der Waals surface area contributed by atoms with E-state index in [0.29, 0.717) is 16.5 Å². The number of hydrogen-bond acceptors (Lipinski definition) is 5. The largest absolute Gasteiger partial charge is 0.417 e. The second kappa shape index (κ2) is 7.84. The predicted octanol–water partition coefficient (Wildman–Crippen LogP) is 5.05. The molecule has 3 atom stereocenters. The molecule has 3 aliphatic rings. The molecule has 186 valence electrons. The first-order chi connectivity index (χ1) is 17.6. The van der Waals surface area contributed by atoms with Gasteiger partial charge in [0.15, 0.2) is 0 Å². The lowest BCUT2D eigenvalue weighted by atomic mass is 9.77. The molecule has 0 N–H and O–H groups in total. The number of carbonyl (C=O) groups is 4. The van der Waals surface area contributed by atoms with Gasteiger partial charge in [0.05, 0.1) is 34.2 Å². The van der Waals surface area contributed by atoms with Gasteiger partial charge in [0.2, 0.25) is 29.0 Å². The lowest BCUT2D eigenvalue weighted by Gasteiger charge is -2.27. The van der Waals surface area contributed by atoms with Crippen LogP contribution in [0.1, 0.15) is 37.9 Å². The van der Waals surface area contributed by atoms with E-state index >= 15 is 0 Å². The Morgan fingerprint density at radius 1 is 0.811 bits per heavy atom. The van der Waals surface area contributed by atoms with E-state index in [0.717, 1.165) is 12.1 Å². The van der Waals surface area contributed by atoms with Crippen LogP contribution in [0.3, 0.4) is 0 Å². The maximum Gasteiger partial charge on any atom is 0.417 e. The molecule has 2 amide bonds. The predicted molar refractivity (Wildman–Crippen MR) is 124 cm³/mol. The number of fused-ring (bicyclic) bond motifs is 3. The van der Waals surface area contributed by atoms with Crippen LogP contribution in [-0.2, 0) is 20.5 Å². The number of carbonyl (C=O) groups excluding carboxylic acids is 4. The average Bonchev–Trinajstić information content (AvgIpc) is 3.44. The van der Waals surface area contributed by atoms with Crippen LogP contribution >= 0.6 is 11.6 Å². The van der Waals surface area contributed by atoms with Gasteiger partial charge in [0.25, 0.3) is 0 Å². The minimum atomic E-state index is -4.84. The molecule has 3 aromatic carbocycles. The van der Waals surface area contributed by atoms with E-state index in [2.05, 4.69) is 0 Å². The maximum atomic E-state index is 13.8. The number of alkyl halides is 3. The van der Waals surface area contributed by atoms with E-state index in [9.17, 15) is 32.3 Å². The zero-order valence-electron chi connectivity index (χ0n) is 18.7. The molecular weight excluding hydrogens is 511 g/mol. The Hall–Kier alpha value is -3.82. The summed E-state index contributed by atoms with van der Waals surface area (Å²) in [7, 11) is 0. The zero-order valence-corrected chi connectivity index (χ0v) is 19.4. The van der Waals surface area contributed by atoms with Gasteiger partial charge in [0.1, 0.15) is 0 Å². The molecule has 0 bridgehead atoms. The second-order valence-corrected chi connectivity index (χ2v) is 9.47. The molecule has 2 fully saturated rings. The van der Waals surface area contributed by atoms with E-state index in [1.807, 2.05) is 0 Å². The Kier molecular flexibility index (Phi) is 4.99. The average molecular weight is 526 g/mol. The number of ether oxygens (including phenoxy) is 1. The molecule has 0 saturated carbocycles. The van der Waals surface area contributed by atoms with Gasteiger partial charge >= 0.3 is 6.18 Å². The molecule has 1 aliphatic carbocycles. The highest BCUT2D eigenvalue weighted by atomic mass is 35.5. The summed E-state index contributed by atoms with van der Waals surface area (Å²) in [5.74, 6) is -6.25. The van der Waals surface area contributed by atoms with Crippen molar-refractivity contribution in [3.63, 3.8) is 0 Å². The van der Waals surface area contributed by atoms with E-state index in [1.165, 1.54) is 12.1 Å². The molecule has 0 aromatic heterocycles. The van der Waals surface area contributed by atoms with Gasteiger partial charge in [-0.1, -0.05) is 66.2 Å². The molecule has 2 aliphatic heterocycles. The molecule has 10 heteroatoms. The van der Waals surface area contributed by atoms with Gasteiger partial charge in [-0.25, -0.2) is 4.90 Å². The third-order valence-corrected chi connectivity index (χ3v) is 7.49. The first-order valence-electron chi connectivity index (χ1n) is 11.2. The highest BCUT2D eigenvalue weighted by Crippen LogP contribution is 2.57. The zero-order chi connectivity index (χ0) is 26.3. The number of rotatable bonds is 2. The Morgan fingerprint density at radius 2 is 1.41 bits per heavy atom. The smallest absolute Gasteiger partial charge is 0.349 e. The van der Waals surface area contributed by atoms with Gasteiger partial charge in [-0.15, -0.1) is 0 Å². The number of nitrogens with zero attached hydrogens (tertiary/aromatic N) is 1. The molecule has 6 nitrogen and oxygen atoms in total. The van der Waals surface area contributed by atoms with Gasteiger partial charge in [-0.2, -0.15) is 13.2 Å². The van der Waals surface area contributed by atoms with Crippen LogP contribution < -0.4 is 4.90 Å². The van der Waals surface area contributed by atoms with Crippen molar-refractivity contribution in [2.45, 2.75) is 17.9 Å². The number of hydrogen-bond donors (Lipinski definition) is 0. The van der Waals surface area contributed by atoms with Crippen molar-refractivity contribution in [2.24, 2.45) is 11.8 Å². The van der Waals surface area contributed by atoms with Crippen molar-refractivity contribution < 1.29 is 37.1 Å². The molecule has 0 radical (unpaired) electrons. The second-order valence-electron chi connectivity index (χ2n) is 9.07. The minimum absolute atomic E-state index is 0.0597. The normalized spacial score (nSPS) is 24.2. The molecule has 0 unspecified atom stereocenters. The summed E-state index contributed by atoms with van der Waals surface area (Å²) < 4.78 is 46.7. The number of anilines is 1. The monoisotopic (exact) mass is 525 g/mol. The lowest BCUT2D eigenvalue weighted by molar-refractivity contribution is -0.137. The molecular formula is C27H15ClF3NO5. The number of imide groups is 1. The fraction of sp³-hybridized carbons (Fsp3) is 0.185. The van der Waals surface area contributed by atoms with E-state index in [1.54, 1.807) is 42.5 Å². The molecule has 37 heavy (non-hydrogen) atoms. The fourth-order valence-electron chi connectivity index (χ4n) is 5.58. The number of benzene rings is 3. The van der Waals surface area contributed by atoms with Crippen molar-refractivity contribution in [2.75, 3.05) is 4.90 Å². The first kappa shape index (κ1) is 23.6. The van der Waals surface area contributed by atoms with Gasteiger partial charge in [0, 0.05) is 11.1 Å². The summed E-state index contributed by atoms with van der Waals surface area (Å²) in [6.45, 7) is 0. The Labute approximate surface area is 212 Å². The van der Waals surface area contributed by atoms with Crippen LogP contribution in [0.2, 0.25) is 5.02 Å². The molecule has 3 aromatic rings. The van der Waals surface area contributed by atoms with E-state index in [4.69, 9.17) is 16.3 Å². The Morgan fingerprint density at radius 3 is 2.00 bits per heavy atom. The number of amides is 2. The van der Waals surface area contributed by atoms with Crippen molar-refractivity contribution in [3.8, 4) is 0 Å². The molecule has 2 heterocycles. The third kappa shape index (κ3) is 3.10. The maximum absolute atomic E-state index is 13.8. The Bertz CT molecular complexity index is 1480. The van der Waals surface area contributed by atoms with Gasteiger partial charge < -0.3 is 4.74 Å². The summed E-state index contributed by atoms with van der Waals surface area (Å²) in [6, 6.07) is 17.0. The quantitative estimate of drug-likeness (QED) is 0.345. The van der Waals surface area contributed by atoms with Gasteiger partial charge in [-0.05, 0) is 23.8 Å². The SMILES string of the molecule is O=C1[C@H]2[C@@H](c3ccccc3)OC3(C(=O)c4ccccc4C3=O)[C@@H]2C(=O)N1c1ccc(Cl)c(C(F)(F)F)c1. The van der Waals surface area contributed by atoms with Crippen molar-refractivity contribution in [1.29, 1.82) is 0 Å². The van der Waals surface area contributed by atoms with Crippen molar-refractivity contribution >= 4 is 40.7 Å². The van der Waals surface area contributed by atoms with E-state index < -0.39 is 63.7 Å². The van der Waals surface area contributed by atoms with Crippen LogP contribution in [-0.4, -0.2) is 29.0 Å². The summed E-state index contributed by atoms with van der Waals surface area (Å²) >= 11 is 5.73. The summed E-state index contributed by atoms with van der Waals surface area (Å²) in [5.41, 5.74) is -3.33. The number of ketones is 2. The minimum Gasteiger partial charge on any atom is -0.349 e. The third-order valence-electron chi connectivity index (χ3n) is 7.16. The topological polar surface area (TPSA) is 80.8 Å². The summed E-state index contributed by atoms with van der Waals surface area (Å²) in [6.07, 6.45) is -6.01. The standard InChI is InChI=1S/C27H15ClF3NO5/c28-18-11-10-14(12-17(18)27(29,30)31)32-24(35)19-20(25(32)36)26(37-21(19)13-6-2-1-3-7-13)22(33)15-8-4-5-9-16(15)23(26)34/h1-12,19-21H/t19-,20+,21-/m1/s1. The van der Waals surface area contributed by atoms with E-state index in [-0.39, 0.29) is 16.8 Å². The van der Waals surface area contributed by atoms with Crippen molar-refractivity contribution in [3.05, 3.63) is 100 Å². The van der Waals surface area contributed by atoms with Gasteiger partial charge in [-0.3, -0.25) is 19.2 Å². The highest BCUT2D eigenvalue weighted by molar-refractivity contribution is 6.37. The lowest BCUT2D eigenvalue weighted by Crippen LogP contribution is -2.51. The van der Waals surface area contributed by atoms with Crippen LogP contribution in [0.25, 0.3) is 0 Å². The van der Waals surface area contributed by atoms with Crippen LogP contribution in [0.15, 0.2) is 72.8 Å². The Balaban J connectivity index is 1.53.